The molecule has 0 spiro atoms. The van der Waals surface area contributed by atoms with Gasteiger partial charge in [0, 0.05) is 25.5 Å². The van der Waals surface area contributed by atoms with Crippen molar-refractivity contribution in [3.8, 4) is 11.9 Å². The number of piperidine rings is 1. The van der Waals surface area contributed by atoms with Crippen molar-refractivity contribution in [3.63, 3.8) is 0 Å². The highest BCUT2D eigenvalue weighted by molar-refractivity contribution is 5.94. The van der Waals surface area contributed by atoms with Crippen LogP contribution in [0.4, 0.5) is 11.5 Å². The lowest BCUT2D eigenvalue weighted by Gasteiger charge is -2.32. The van der Waals surface area contributed by atoms with E-state index in [2.05, 4.69) is 31.6 Å². The molecule has 4 rings (SSSR count). The molecular formula is C20H19N7O. The molecule has 140 valence electrons. The zero-order valence-corrected chi connectivity index (χ0v) is 15.2. The molecule has 1 aromatic carbocycles. The number of aromatic nitrogens is 4. The molecule has 8 nitrogen and oxygen atoms in total. The van der Waals surface area contributed by atoms with Gasteiger partial charge in [0.25, 0.3) is 0 Å². The lowest BCUT2D eigenvalue weighted by atomic mass is 9.97. The van der Waals surface area contributed by atoms with E-state index in [4.69, 9.17) is 0 Å². The first-order chi connectivity index (χ1) is 13.7. The van der Waals surface area contributed by atoms with Gasteiger partial charge in [0.2, 0.25) is 5.91 Å². The molecule has 0 aliphatic carbocycles. The number of benzene rings is 1. The molecule has 1 aliphatic heterocycles. The molecule has 8 heteroatoms. The zero-order chi connectivity index (χ0) is 19.3. The van der Waals surface area contributed by atoms with Crippen LogP contribution in [-0.2, 0) is 4.79 Å². The van der Waals surface area contributed by atoms with E-state index in [0.29, 0.717) is 23.6 Å². The summed E-state index contributed by atoms with van der Waals surface area (Å²) in [5.41, 5.74) is 1.01. The van der Waals surface area contributed by atoms with Gasteiger partial charge in [-0.2, -0.15) is 10.4 Å². The highest BCUT2D eigenvalue weighted by Gasteiger charge is 2.27. The number of carbonyl (C=O) groups is 1. The summed E-state index contributed by atoms with van der Waals surface area (Å²) in [7, 11) is 0. The minimum Gasteiger partial charge on any atom is -0.354 e. The Bertz CT molecular complexity index is 992. The molecule has 0 radical (unpaired) electrons. The fourth-order valence-corrected chi connectivity index (χ4v) is 3.34. The van der Waals surface area contributed by atoms with Crippen molar-refractivity contribution in [2.24, 2.45) is 5.92 Å². The van der Waals surface area contributed by atoms with Crippen LogP contribution in [0.5, 0.6) is 0 Å². The Hall–Kier alpha value is -3.73. The number of para-hydroxylation sites is 1. The third-order valence-electron chi connectivity index (χ3n) is 4.80. The number of hydrogen-bond donors (Lipinski definition) is 1. The van der Waals surface area contributed by atoms with Crippen LogP contribution in [-0.4, -0.2) is 39.0 Å². The van der Waals surface area contributed by atoms with Gasteiger partial charge in [0.15, 0.2) is 11.6 Å². The monoisotopic (exact) mass is 373 g/mol. The molecule has 0 saturated carbocycles. The number of carbonyl (C=O) groups excluding carboxylic acids is 1. The minimum atomic E-state index is -0.173. The molecule has 2 aromatic heterocycles. The van der Waals surface area contributed by atoms with E-state index in [1.165, 1.54) is 0 Å². The minimum absolute atomic E-state index is 0.0754. The predicted octanol–water partition coefficient (Wildman–Crippen LogP) is 2.39. The molecule has 1 aliphatic rings. The Kier molecular flexibility index (Phi) is 4.97. The second kappa shape index (κ2) is 7.88. The van der Waals surface area contributed by atoms with Gasteiger partial charge in [-0.1, -0.05) is 12.1 Å². The van der Waals surface area contributed by atoms with Crippen molar-refractivity contribution >= 4 is 17.4 Å². The van der Waals surface area contributed by atoms with E-state index in [1.807, 2.05) is 24.4 Å². The van der Waals surface area contributed by atoms with E-state index in [-0.39, 0.29) is 11.8 Å². The Morgan fingerprint density at radius 3 is 2.71 bits per heavy atom. The maximum absolute atomic E-state index is 12.7. The summed E-state index contributed by atoms with van der Waals surface area (Å²) in [6, 6.07) is 14.7. The van der Waals surface area contributed by atoms with E-state index >= 15 is 0 Å². The van der Waals surface area contributed by atoms with Gasteiger partial charge in [-0.15, -0.1) is 10.2 Å². The first-order valence-electron chi connectivity index (χ1n) is 9.13. The van der Waals surface area contributed by atoms with Gasteiger partial charge in [-0.05, 0) is 43.2 Å². The number of anilines is 2. The molecule has 0 bridgehead atoms. The Morgan fingerprint density at radius 1 is 1.14 bits per heavy atom. The molecule has 1 unspecified atom stereocenters. The Labute approximate surface area is 162 Å². The summed E-state index contributed by atoms with van der Waals surface area (Å²) >= 11 is 0. The SMILES string of the molecule is N#Cc1ccccc1NC(=O)C1CCCN(c2ccc(-n3cccn3)nn2)C1. The average molecular weight is 373 g/mol. The van der Waals surface area contributed by atoms with Gasteiger partial charge < -0.3 is 10.2 Å². The predicted molar refractivity (Wildman–Crippen MR) is 104 cm³/mol. The Morgan fingerprint density at radius 2 is 1.96 bits per heavy atom. The Balaban J connectivity index is 1.44. The van der Waals surface area contributed by atoms with Crippen LogP contribution in [0.3, 0.4) is 0 Å². The molecule has 3 aromatic rings. The van der Waals surface area contributed by atoms with Crippen molar-refractivity contribution < 1.29 is 4.79 Å². The molecule has 1 amide bonds. The van der Waals surface area contributed by atoms with Crippen molar-refractivity contribution in [3.05, 3.63) is 60.4 Å². The quantitative estimate of drug-likeness (QED) is 0.754. The fraction of sp³-hybridized carbons (Fsp3) is 0.250. The molecule has 1 N–H and O–H groups in total. The van der Waals surface area contributed by atoms with Crippen LogP contribution in [0.15, 0.2) is 54.9 Å². The normalized spacial score (nSPS) is 16.4. The summed E-state index contributed by atoms with van der Waals surface area (Å²) in [6.45, 7) is 1.39. The second-order valence-corrected chi connectivity index (χ2v) is 6.63. The van der Waals surface area contributed by atoms with E-state index in [0.717, 1.165) is 25.2 Å². The van der Waals surface area contributed by atoms with Crippen molar-refractivity contribution in [2.45, 2.75) is 12.8 Å². The van der Waals surface area contributed by atoms with Gasteiger partial charge >= 0.3 is 0 Å². The third-order valence-corrected chi connectivity index (χ3v) is 4.80. The van der Waals surface area contributed by atoms with Crippen LogP contribution >= 0.6 is 0 Å². The van der Waals surface area contributed by atoms with Gasteiger partial charge in [-0.25, -0.2) is 4.68 Å². The smallest absolute Gasteiger partial charge is 0.229 e. The number of amides is 1. The highest BCUT2D eigenvalue weighted by atomic mass is 16.1. The van der Waals surface area contributed by atoms with E-state index in [9.17, 15) is 10.1 Å². The summed E-state index contributed by atoms with van der Waals surface area (Å²) in [5.74, 6) is 1.14. The van der Waals surface area contributed by atoms with Gasteiger partial charge in [0.05, 0.1) is 17.2 Å². The fourth-order valence-electron chi connectivity index (χ4n) is 3.34. The topological polar surface area (TPSA) is 99.7 Å². The number of nitrogens with zero attached hydrogens (tertiary/aromatic N) is 6. The summed E-state index contributed by atoms with van der Waals surface area (Å²) in [4.78, 5) is 14.8. The van der Waals surface area contributed by atoms with Crippen molar-refractivity contribution in [1.29, 1.82) is 5.26 Å². The largest absolute Gasteiger partial charge is 0.354 e. The number of hydrogen-bond acceptors (Lipinski definition) is 6. The van der Waals surface area contributed by atoms with Crippen molar-refractivity contribution in [2.75, 3.05) is 23.3 Å². The molecule has 1 saturated heterocycles. The molecule has 28 heavy (non-hydrogen) atoms. The lowest BCUT2D eigenvalue weighted by molar-refractivity contribution is -0.120. The maximum Gasteiger partial charge on any atom is 0.229 e. The molecular weight excluding hydrogens is 354 g/mol. The first-order valence-corrected chi connectivity index (χ1v) is 9.13. The van der Waals surface area contributed by atoms with Crippen LogP contribution in [0, 0.1) is 17.2 Å². The average Bonchev–Trinajstić information content (AvgIpc) is 3.29. The summed E-state index contributed by atoms with van der Waals surface area (Å²) in [5, 5.41) is 24.8. The first kappa shape index (κ1) is 17.7. The van der Waals surface area contributed by atoms with Crippen LogP contribution in [0.1, 0.15) is 18.4 Å². The van der Waals surface area contributed by atoms with Crippen LogP contribution < -0.4 is 10.2 Å². The summed E-state index contributed by atoms with van der Waals surface area (Å²) < 4.78 is 1.65. The number of nitriles is 1. The zero-order valence-electron chi connectivity index (χ0n) is 15.2. The highest BCUT2D eigenvalue weighted by Crippen LogP contribution is 2.23. The molecule has 3 heterocycles. The van der Waals surface area contributed by atoms with Crippen molar-refractivity contribution in [1.82, 2.24) is 20.0 Å². The molecule has 1 atom stereocenters. The number of rotatable bonds is 4. The van der Waals surface area contributed by atoms with E-state index in [1.54, 1.807) is 35.1 Å². The van der Waals surface area contributed by atoms with E-state index < -0.39 is 0 Å². The van der Waals surface area contributed by atoms with Crippen LogP contribution in [0.25, 0.3) is 5.82 Å². The lowest BCUT2D eigenvalue weighted by Crippen LogP contribution is -2.41. The number of nitrogens with one attached hydrogen (secondary N) is 1. The third kappa shape index (κ3) is 3.69. The van der Waals surface area contributed by atoms with Gasteiger partial charge in [0.1, 0.15) is 6.07 Å². The van der Waals surface area contributed by atoms with Gasteiger partial charge in [-0.3, -0.25) is 4.79 Å². The van der Waals surface area contributed by atoms with Crippen LogP contribution in [0.2, 0.25) is 0 Å². The standard InChI is InChI=1S/C20H19N7O/c21-13-15-5-1-2-7-17(15)23-20(28)16-6-3-11-26(14-16)18-8-9-19(25-24-18)27-12-4-10-22-27/h1-2,4-5,7-10,12,16H,3,6,11,14H2,(H,23,28). The molecule has 1 fully saturated rings. The second-order valence-electron chi connectivity index (χ2n) is 6.63. The maximum atomic E-state index is 12.7. The summed E-state index contributed by atoms with van der Waals surface area (Å²) in [6.07, 6.45) is 5.19.